The van der Waals surface area contributed by atoms with Crippen molar-refractivity contribution in [1.82, 2.24) is 0 Å². The van der Waals surface area contributed by atoms with Crippen molar-refractivity contribution >= 4 is 60.8 Å². The van der Waals surface area contributed by atoms with E-state index in [4.69, 9.17) is 0 Å². The van der Waals surface area contributed by atoms with Crippen LogP contribution in [0.15, 0.2) is 194 Å². The summed E-state index contributed by atoms with van der Waals surface area (Å²) in [4.78, 5) is 3.88. The number of thiophene rings is 1. The SMILES string of the molecule is C1=CCC(c2ccc(N(C3=CC=C(c4ccc(-c5c(-c6ccccc6)c6sc7c(c6c6ccccc56)CCC=C7)cc4)CC3)c3ccc(C4=CCCC=C4)cc3)cc2)C=C1. The van der Waals surface area contributed by atoms with E-state index in [9.17, 15) is 0 Å². The van der Waals surface area contributed by atoms with Crippen LogP contribution in [-0.2, 0) is 6.42 Å². The zero-order chi connectivity index (χ0) is 39.8. The standard InChI is InChI=1S/C58H47NS/c1-4-14-40(15-5-1)43-28-34-48(35-29-43)59(49-36-30-44(31-37-49)41-16-6-2-7-17-41)50-38-32-45(33-39-50)42-24-26-47(27-25-42)55-51-20-10-11-21-52(51)57-53-22-12-13-23-54(53)60-58(57)56(55)46-18-8-3-9-19-46/h1,3-6,8-11,13-14,16-21,23-32,34-38,40H,2,7,12,15,22,33,39H2. The molecule has 0 radical (unpaired) electrons. The van der Waals surface area contributed by atoms with Gasteiger partial charge >= 0.3 is 0 Å². The minimum absolute atomic E-state index is 0.435. The fraction of sp³-hybridized carbons (Fsp3) is 0.138. The Morgan fingerprint density at radius 3 is 1.98 bits per heavy atom. The van der Waals surface area contributed by atoms with E-state index >= 15 is 0 Å². The number of allylic oxidation sites excluding steroid dienone is 13. The molecule has 1 heterocycles. The Balaban J connectivity index is 0.956. The van der Waals surface area contributed by atoms with Crippen LogP contribution in [0.2, 0.25) is 0 Å². The summed E-state index contributed by atoms with van der Waals surface area (Å²) in [5, 5.41) is 4.14. The molecule has 0 saturated carbocycles. The average molecular weight is 790 g/mol. The van der Waals surface area contributed by atoms with E-state index in [1.807, 2.05) is 11.3 Å². The van der Waals surface area contributed by atoms with Crippen molar-refractivity contribution in [3.05, 3.63) is 221 Å². The van der Waals surface area contributed by atoms with Crippen molar-refractivity contribution < 1.29 is 0 Å². The molecule has 0 amide bonds. The summed E-state index contributed by atoms with van der Waals surface area (Å²) in [7, 11) is 0. The van der Waals surface area contributed by atoms with Crippen LogP contribution >= 0.6 is 11.3 Å². The predicted octanol–water partition coefficient (Wildman–Crippen LogP) is 16.6. The molecule has 0 saturated heterocycles. The lowest BCUT2D eigenvalue weighted by Crippen LogP contribution is -2.18. The highest BCUT2D eigenvalue weighted by Crippen LogP contribution is 2.50. The second kappa shape index (κ2) is 15.9. The molecule has 4 aliphatic rings. The van der Waals surface area contributed by atoms with Gasteiger partial charge in [-0.3, -0.25) is 0 Å². The van der Waals surface area contributed by atoms with Gasteiger partial charge in [0, 0.05) is 43.5 Å². The van der Waals surface area contributed by atoms with Crippen molar-refractivity contribution in [1.29, 1.82) is 0 Å². The van der Waals surface area contributed by atoms with Crippen LogP contribution in [0.4, 0.5) is 11.4 Å². The largest absolute Gasteiger partial charge is 0.314 e. The molecular weight excluding hydrogens is 743 g/mol. The molecule has 0 bridgehead atoms. The molecule has 6 aromatic carbocycles. The van der Waals surface area contributed by atoms with Crippen LogP contribution in [0.5, 0.6) is 0 Å². The molecule has 0 spiro atoms. The molecule has 1 unspecified atom stereocenters. The first-order valence-corrected chi connectivity index (χ1v) is 22.5. The highest BCUT2D eigenvalue weighted by Gasteiger charge is 2.24. The summed E-state index contributed by atoms with van der Waals surface area (Å²) < 4.78 is 1.41. The summed E-state index contributed by atoms with van der Waals surface area (Å²) in [6.45, 7) is 0. The van der Waals surface area contributed by atoms with Crippen LogP contribution in [-0.4, -0.2) is 0 Å². The van der Waals surface area contributed by atoms with Gasteiger partial charge in [-0.05, 0) is 142 Å². The van der Waals surface area contributed by atoms with Gasteiger partial charge in [0.1, 0.15) is 0 Å². The number of nitrogens with zero attached hydrogens (tertiary/aromatic N) is 1. The van der Waals surface area contributed by atoms with Gasteiger partial charge in [-0.1, -0.05) is 158 Å². The minimum Gasteiger partial charge on any atom is -0.314 e. The van der Waals surface area contributed by atoms with Crippen molar-refractivity contribution in [3.63, 3.8) is 0 Å². The topological polar surface area (TPSA) is 3.24 Å². The molecule has 1 nitrogen and oxygen atoms in total. The Morgan fingerprint density at radius 2 is 1.25 bits per heavy atom. The van der Waals surface area contributed by atoms with E-state index in [2.05, 4.69) is 199 Å². The molecular formula is C58H47NS. The van der Waals surface area contributed by atoms with Crippen LogP contribution in [0.3, 0.4) is 0 Å². The maximum Gasteiger partial charge on any atom is 0.0458 e. The summed E-state index contributed by atoms with van der Waals surface area (Å²) in [6, 6.07) is 48.1. The fourth-order valence-electron chi connectivity index (χ4n) is 9.81. The Kier molecular flexibility index (Phi) is 9.72. The van der Waals surface area contributed by atoms with Gasteiger partial charge in [-0.2, -0.15) is 0 Å². The Bertz CT molecular complexity index is 2960. The second-order valence-corrected chi connectivity index (χ2v) is 17.5. The molecule has 0 N–H and O–H groups in total. The van der Waals surface area contributed by atoms with E-state index < -0.39 is 0 Å². The first-order chi connectivity index (χ1) is 29.8. The molecule has 0 fully saturated rings. The number of rotatable bonds is 8. The van der Waals surface area contributed by atoms with Crippen molar-refractivity contribution in [3.8, 4) is 22.3 Å². The number of hydrogen-bond acceptors (Lipinski definition) is 2. The lowest BCUT2D eigenvalue weighted by Gasteiger charge is -2.30. The first-order valence-electron chi connectivity index (χ1n) is 21.7. The third-order valence-electron chi connectivity index (χ3n) is 12.8. The molecule has 1 aromatic heterocycles. The maximum absolute atomic E-state index is 2.47. The maximum atomic E-state index is 2.47. The zero-order valence-electron chi connectivity index (χ0n) is 33.9. The first kappa shape index (κ1) is 36.6. The van der Waals surface area contributed by atoms with Crippen molar-refractivity contribution in [2.24, 2.45) is 0 Å². The van der Waals surface area contributed by atoms with Crippen molar-refractivity contribution in [2.75, 3.05) is 4.90 Å². The summed E-state index contributed by atoms with van der Waals surface area (Å²) in [5.74, 6) is 0.435. The van der Waals surface area contributed by atoms with Gasteiger partial charge in [-0.25, -0.2) is 0 Å². The quantitative estimate of drug-likeness (QED) is 0.148. The van der Waals surface area contributed by atoms with E-state index in [-0.39, 0.29) is 0 Å². The number of aryl methyl sites for hydroxylation is 1. The van der Waals surface area contributed by atoms with Gasteiger partial charge in [0.05, 0.1) is 0 Å². The van der Waals surface area contributed by atoms with Gasteiger partial charge in [0.15, 0.2) is 0 Å². The van der Waals surface area contributed by atoms with Gasteiger partial charge < -0.3 is 4.90 Å². The lowest BCUT2D eigenvalue weighted by molar-refractivity contribution is 0.853. The predicted molar refractivity (Wildman–Crippen MR) is 260 cm³/mol. The van der Waals surface area contributed by atoms with E-state index in [1.54, 1.807) is 0 Å². The number of benzene rings is 6. The van der Waals surface area contributed by atoms with E-state index in [1.165, 1.54) is 98.5 Å². The third-order valence-corrected chi connectivity index (χ3v) is 14.1. The van der Waals surface area contributed by atoms with Gasteiger partial charge in [0.25, 0.3) is 0 Å². The highest BCUT2D eigenvalue weighted by atomic mass is 32.1. The van der Waals surface area contributed by atoms with E-state index in [0.29, 0.717) is 5.92 Å². The molecule has 60 heavy (non-hydrogen) atoms. The van der Waals surface area contributed by atoms with Crippen LogP contribution in [0.25, 0.3) is 60.3 Å². The van der Waals surface area contributed by atoms with E-state index in [0.717, 1.165) is 44.9 Å². The molecule has 11 rings (SSSR count). The van der Waals surface area contributed by atoms with Crippen LogP contribution < -0.4 is 4.90 Å². The molecule has 2 heteroatoms. The Labute approximate surface area is 358 Å². The van der Waals surface area contributed by atoms with Crippen molar-refractivity contribution in [2.45, 2.75) is 50.9 Å². The van der Waals surface area contributed by atoms with Crippen LogP contribution in [0.1, 0.15) is 71.6 Å². The molecule has 0 aliphatic heterocycles. The molecule has 4 aliphatic carbocycles. The number of anilines is 2. The second-order valence-electron chi connectivity index (χ2n) is 16.4. The normalized spacial score (nSPS) is 17.1. The third kappa shape index (κ3) is 6.76. The summed E-state index contributed by atoms with van der Waals surface area (Å²) >= 11 is 1.97. The summed E-state index contributed by atoms with van der Waals surface area (Å²) in [6.07, 6.45) is 32.7. The minimum atomic E-state index is 0.435. The number of hydrogen-bond donors (Lipinski definition) is 0. The smallest absolute Gasteiger partial charge is 0.0458 e. The lowest BCUT2D eigenvalue weighted by atomic mass is 9.85. The molecule has 290 valence electrons. The average Bonchev–Trinajstić information content (AvgIpc) is 3.73. The Hall–Kier alpha value is -6.48. The molecule has 7 aromatic rings. The highest BCUT2D eigenvalue weighted by molar-refractivity contribution is 7.21. The monoisotopic (exact) mass is 789 g/mol. The van der Waals surface area contributed by atoms with Crippen LogP contribution in [0, 0.1) is 0 Å². The Morgan fingerprint density at radius 1 is 0.533 bits per heavy atom. The molecule has 1 atom stereocenters. The fourth-order valence-corrected chi connectivity index (χ4v) is 11.2. The number of fused-ring (bicyclic) bond motifs is 5. The van der Waals surface area contributed by atoms with Gasteiger partial charge in [-0.15, -0.1) is 11.3 Å². The van der Waals surface area contributed by atoms with Gasteiger partial charge in [0.2, 0.25) is 0 Å². The summed E-state index contributed by atoms with van der Waals surface area (Å²) in [5.41, 5.74) is 17.1. The zero-order valence-corrected chi connectivity index (χ0v) is 34.7.